The van der Waals surface area contributed by atoms with Crippen LogP contribution in [0.5, 0.6) is 0 Å². The smallest absolute Gasteiger partial charge is 0.167 e. The molecule has 0 aromatic heterocycles. The number of hydrogen-bond donors (Lipinski definition) is 1. The van der Waals surface area contributed by atoms with E-state index in [1.165, 1.54) is 0 Å². The lowest BCUT2D eigenvalue weighted by Gasteiger charge is -2.13. The number of hydrogen-bond acceptors (Lipinski definition) is 2. The minimum Gasteiger partial charge on any atom is -0.313 e. The summed E-state index contributed by atoms with van der Waals surface area (Å²) in [6.07, 6.45) is 0.923. The van der Waals surface area contributed by atoms with Gasteiger partial charge in [0.15, 0.2) is 5.78 Å². The molecule has 15 heavy (non-hydrogen) atoms. The largest absolute Gasteiger partial charge is 0.313 e. The monoisotopic (exact) mass is 223 g/mol. The Hall–Kier alpha value is -0.860. The number of ketones is 1. The zero-order chi connectivity index (χ0) is 10.8. The van der Waals surface area contributed by atoms with Gasteiger partial charge in [-0.2, -0.15) is 0 Å². The van der Waals surface area contributed by atoms with Gasteiger partial charge in [0, 0.05) is 22.5 Å². The molecule has 1 heterocycles. The molecule has 0 bridgehead atoms. The SMILES string of the molecule is CC1NCCC1C(=O)c1cccc(Cl)c1. The molecule has 1 saturated heterocycles. The van der Waals surface area contributed by atoms with Gasteiger partial charge in [-0.05, 0) is 32.0 Å². The summed E-state index contributed by atoms with van der Waals surface area (Å²) in [5, 5.41) is 3.91. The Morgan fingerprint density at radius 3 is 2.93 bits per heavy atom. The van der Waals surface area contributed by atoms with Crippen LogP contribution in [0.3, 0.4) is 0 Å². The maximum absolute atomic E-state index is 12.1. The predicted octanol–water partition coefficient (Wildman–Crippen LogP) is 2.52. The number of carbonyl (C=O) groups is 1. The van der Waals surface area contributed by atoms with Crippen molar-refractivity contribution in [3.63, 3.8) is 0 Å². The second kappa shape index (κ2) is 4.33. The van der Waals surface area contributed by atoms with Crippen molar-refractivity contribution in [1.82, 2.24) is 5.32 Å². The van der Waals surface area contributed by atoms with Crippen molar-refractivity contribution in [3.8, 4) is 0 Å². The molecule has 1 aromatic rings. The first-order valence-electron chi connectivity index (χ1n) is 5.21. The van der Waals surface area contributed by atoms with Crippen LogP contribution in [-0.2, 0) is 0 Å². The highest BCUT2D eigenvalue weighted by Crippen LogP contribution is 2.22. The quantitative estimate of drug-likeness (QED) is 0.781. The van der Waals surface area contributed by atoms with Gasteiger partial charge in [0.25, 0.3) is 0 Å². The summed E-state index contributed by atoms with van der Waals surface area (Å²) >= 11 is 5.86. The molecule has 0 spiro atoms. The molecule has 2 rings (SSSR count). The van der Waals surface area contributed by atoms with Crippen molar-refractivity contribution in [2.24, 2.45) is 5.92 Å². The zero-order valence-corrected chi connectivity index (χ0v) is 9.42. The number of rotatable bonds is 2. The lowest BCUT2D eigenvalue weighted by atomic mass is 9.92. The number of benzene rings is 1. The first-order valence-corrected chi connectivity index (χ1v) is 5.59. The molecule has 1 aromatic carbocycles. The van der Waals surface area contributed by atoms with E-state index in [4.69, 9.17) is 11.6 Å². The van der Waals surface area contributed by atoms with E-state index in [1.54, 1.807) is 12.1 Å². The highest BCUT2D eigenvalue weighted by Gasteiger charge is 2.29. The third-order valence-electron chi connectivity index (χ3n) is 2.97. The van der Waals surface area contributed by atoms with E-state index in [0.717, 1.165) is 18.5 Å². The van der Waals surface area contributed by atoms with Crippen molar-refractivity contribution in [3.05, 3.63) is 34.9 Å². The van der Waals surface area contributed by atoms with E-state index in [1.807, 2.05) is 12.1 Å². The molecule has 0 saturated carbocycles. The van der Waals surface area contributed by atoms with Crippen LogP contribution in [-0.4, -0.2) is 18.4 Å². The van der Waals surface area contributed by atoms with Gasteiger partial charge in [-0.15, -0.1) is 0 Å². The molecule has 1 fully saturated rings. The van der Waals surface area contributed by atoms with E-state index < -0.39 is 0 Å². The van der Waals surface area contributed by atoms with E-state index in [0.29, 0.717) is 5.02 Å². The van der Waals surface area contributed by atoms with Crippen LogP contribution in [0, 0.1) is 5.92 Å². The Morgan fingerprint density at radius 1 is 1.53 bits per heavy atom. The molecule has 1 aliphatic heterocycles. The van der Waals surface area contributed by atoms with Crippen molar-refractivity contribution >= 4 is 17.4 Å². The zero-order valence-electron chi connectivity index (χ0n) is 8.66. The molecule has 2 atom stereocenters. The maximum atomic E-state index is 12.1. The average Bonchev–Trinajstić information content (AvgIpc) is 2.63. The topological polar surface area (TPSA) is 29.1 Å². The van der Waals surface area contributed by atoms with Gasteiger partial charge in [0.05, 0.1) is 0 Å². The fourth-order valence-corrected chi connectivity index (χ4v) is 2.26. The van der Waals surface area contributed by atoms with Crippen LogP contribution in [0.2, 0.25) is 5.02 Å². The average molecular weight is 224 g/mol. The summed E-state index contributed by atoms with van der Waals surface area (Å²) in [4.78, 5) is 12.1. The van der Waals surface area contributed by atoms with Gasteiger partial charge in [0.1, 0.15) is 0 Å². The molecule has 3 heteroatoms. The maximum Gasteiger partial charge on any atom is 0.167 e. The molecule has 2 unspecified atom stereocenters. The van der Waals surface area contributed by atoms with Gasteiger partial charge in [0.2, 0.25) is 0 Å². The first kappa shape index (κ1) is 10.7. The third-order valence-corrected chi connectivity index (χ3v) is 3.21. The summed E-state index contributed by atoms with van der Waals surface area (Å²) in [5.41, 5.74) is 0.725. The van der Waals surface area contributed by atoms with Crippen molar-refractivity contribution in [2.75, 3.05) is 6.54 Å². The fourth-order valence-electron chi connectivity index (χ4n) is 2.07. The molecule has 0 radical (unpaired) electrons. The second-order valence-electron chi connectivity index (χ2n) is 4.01. The molecular formula is C12H14ClNO. The van der Waals surface area contributed by atoms with E-state index >= 15 is 0 Å². The van der Waals surface area contributed by atoms with Gasteiger partial charge in [-0.3, -0.25) is 4.79 Å². The van der Waals surface area contributed by atoms with Crippen LogP contribution in [0.15, 0.2) is 24.3 Å². The van der Waals surface area contributed by atoms with Crippen LogP contribution >= 0.6 is 11.6 Å². The van der Waals surface area contributed by atoms with E-state index in [2.05, 4.69) is 12.2 Å². The first-order chi connectivity index (χ1) is 7.18. The lowest BCUT2D eigenvalue weighted by Crippen LogP contribution is -2.28. The normalized spacial score (nSPS) is 25.5. The minimum absolute atomic E-state index is 0.100. The van der Waals surface area contributed by atoms with Gasteiger partial charge in [-0.25, -0.2) is 0 Å². The van der Waals surface area contributed by atoms with Crippen LogP contribution in [0.4, 0.5) is 0 Å². The molecule has 80 valence electrons. The number of Topliss-reactive ketones (excluding diaryl/α,β-unsaturated/α-hetero) is 1. The summed E-state index contributed by atoms with van der Waals surface area (Å²) in [6, 6.07) is 7.46. The second-order valence-corrected chi connectivity index (χ2v) is 4.45. The highest BCUT2D eigenvalue weighted by molar-refractivity contribution is 6.31. The molecular weight excluding hydrogens is 210 g/mol. The Balaban J connectivity index is 2.20. The van der Waals surface area contributed by atoms with Crippen molar-refractivity contribution in [1.29, 1.82) is 0 Å². The number of carbonyl (C=O) groups excluding carboxylic acids is 1. The lowest BCUT2D eigenvalue weighted by molar-refractivity contribution is 0.0914. The highest BCUT2D eigenvalue weighted by atomic mass is 35.5. The van der Waals surface area contributed by atoms with Gasteiger partial charge < -0.3 is 5.32 Å². The van der Waals surface area contributed by atoms with Gasteiger partial charge >= 0.3 is 0 Å². The van der Waals surface area contributed by atoms with Crippen molar-refractivity contribution in [2.45, 2.75) is 19.4 Å². The Kier molecular flexibility index (Phi) is 3.08. The Labute approximate surface area is 94.6 Å². The summed E-state index contributed by atoms with van der Waals surface area (Å²) in [6.45, 7) is 2.98. The predicted molar refractivity (Wildman–Crippen MR) is 61.4 cm³/mol. The van der Waals surface area contributed by atoms with E-state index in [-0.39, 0.29) is 17.7 Å². The Morgan fingerprint density at radius 2 is 2.33 bits per heavy atom. The fraction of sp³-hybridized carbons (Fsp3) is 0.417. The molecule has 0 aliphatic carbocycles. The summed E-state index contributed by atoms with van der Waals surface area (Å²) in [7, 11) is 0. The standard InChI is InChI=1S/C12H14ClNO/c1-8-11(5-6-14-8)12(15)9-3-2-4-10(13)7-9/h2-4,7-8,11,14H,5-6H2,1H3. The molecule has 1 N–H and O–H groups in total. The van der Waals surface area contributed by atoms with Crippen molar-refractivity contribution < 1.29 is 4.79 Å². The Bertz CT molecular complexity index is 378. The number of halogens is 1. The van der Waals surface area contributed by atoms with Crippen LogP contribution < -0.4 is 5.32 Å². The van der Waals surface area contributed by atoms with Crippen LogP contribution in [0.1, 0.15) is 23.7 Å². The number of nitrogens with one attached hydrogen (secondary N) is 1. The molecule has 2 nitrogen and oxygen atoms in total. The van der Waals surface area contributed by atoms with E-state index in [9.17, 15) is 4.79 Å². The summed E-state index contributed by atoms with van der Waals surface area (Å²) in [5.74, 6) is 0.304. The van der Waals surface area contributed by atoms with Gasteiger partial charge in [-0.1, -0.05) is 23.7 Å². The molecule has 0 amide bonds. The third kappa shape index (κ3) is 2.21. The molecule has 1 aliphatic rings. The minimum atomic E-state index is 0.100. The summed E-state index contributed by atoms with van der Waals surface area (Å²) < 4.78 is 0. The van der Waals surface area contributed by atoms with Crippen LogP contribution in [0.25, 0.3) is 0 Å².